The molecule has 0 radical (unpaired) electrons. The first-order chi connectivity index (χ1) is 22.8. The lowest BCUT2D eigenvalue weighted by atomic mass is 10.0. The lowest BCUT2D eigenvalue weighted by molar-refractivity contribution is 0.282. The number of benzene rings is 6. The number of fused-ring (bicyclic) bond motifs is 3. The molecule has 0 aliphatic heterocycles. The van der Waals surface area contributed by atoms with Crippen molar-refractivity contribution in [3.63, 3.8) is 0 Å². The van der Waals surface area contributed by atoms with Gasteiger partial charge < -0.3 is 14.6 Å². The predicted molar refractivity (Wildman–Crippen MR) is 190 cm³/mol. The molecule has 2 heterocycles. The number of anilines is 3. The van der Waals surface area contributed by atoms with E-state index in [0.717, 1.165) is 56.0 Å². The van der Waals surface area contributed by atoms with Crippen LogP contribution in [0.2, 0.25) is 0 Å². The Kier molecular flexibility index (Phi) is 7.10. The molecule has 0 atom stereocenters. The molecule has 1 N–H and O–H groups in total. The van der Waals surface area contributed by atoms with Crippen LogP contribution in [0.25, 0.3) is 49.7 Å². The van der Waals surface area contributed by atoms with E-state index < -0.39 is 0 Å². The van der Waals surface area contributed by atoms with Gasteiger partial charge >= 0.3 is 0 Å². The first-order valence-electron chi connectivity index (χ1n) is 15.5. The van der Waals surface area contributed by atoms with Gasteiger partial charge in [-0.2, -0.15) is 0 Å². The van der Waals surface area contributed by atoms with E-state index >= 15 is 0 Å². The molecule has 0 aliphatic rings. The van der Waals surface area contributed by atoms with Crippen LogP contribution in [-0.2, 0) is 6.61 Å². The van der Waals surface area contributed by atoms with Crippen LogP contribution in [0.3, 0.4) is 0 Å². The third kappa shape index (κ3) is 4.91. The van der Waals surface area contributed by atoms with Crippen LogP contribution in [0.4, 0.5) is 17.1 Å². The number of hydrogen-bond donors (Lipinski definition) is 1. The summed E-state index contributed by atoms with van der Waals surface area (Å²) in [6, 6.07) is 55.4. The Balaban J connectivity index is 1.35. The molecule has 2 aromatic heterocycles. The van der Waals surface area contributed by atoms with Crippen molar-refractivity contribution in [1.82, 2.24) is 9.55 Å². The average molecular weight is 594 g/mol. The second-order valence-corrected chi connectivity index (χ2v) is 11.4. The number of hydrogen-bond acceptors (Lipinski definition) is 3. The fraction of sp³-hybridized carbons (Fsp3) is 0.0238. The third-order valence-electron chi connectivity index (χ3n) is 8.63. The monoisotopic (exact) mass is 593 g/mol. The van der Waals surface area contributed by atoms with E-state index in [1.807, 2.05) is 30.5 Å². The quantitative estimate of drug-likeness (QED) is 0.200. The van der Waals surface area contributed by atoms with E-state index in [1.165, 1.54) is 16.3 Å². The Labute approximate surface area is 268 Å². The number of aromatic nitrogens is 2. The lowest BCUT2D eigenvalue weighted by Crippen LogP contribution is -2.10. The summed E-state index contributed by atoms with van der Waals surface area (Å²) < 4.78 is 2.36. The summed E-state index contributed by atoms with van der Waals surface area (Å²) >= 11 is 0. The summed E-state index contributed by atoms with van der Waals surface area (Å²) in [5.74, 6) is 0. The van der Waals surface area contributed by atoms with Crippen LogP contribution in [0.15, 0.2) is 170 Å². The van der Waals surface area contributed by atoms with Gasteiger partial charge in [0.2, 0.25) is 0 Å². The van der Waals surface area contributed by atoms with Crippen LogP contribution >= 0.6 is 0 Å². The van der Waals surface area contributed by atoms with Crippen molar-refractivity contribution in [2.45, 2.75) is 6.61 Å². The molecule has 8 rings (SSSR count). The predicted octanol–water partition coefficient (Wildman–Crippen LogP) is 10.5. The summed E-state index contributed by atoms with van der Waals surface area (Å²) in [5.41, 5.74) is 12.0. The van der Waals surface area contributed by atoms with Crippen LogP contribution < -0.4 is 4.90 Å². The van der Waals surface area contributed by atoms with Gasteiger partial charge in [-0.25, -0.2) is 0 Å². The molecule has 0 bridgehead atoms. The number of aliphatic hydroxyl groups excluding tert-OH is 1. The van der Waals surface area contributed by atoms with Gasteiger partial charge in [0.15, 0.2) is 0 Å². The summed E-state index contributed by atoms with van der Waals surface area (Å²) in [4.78, 5) is 6.63. The molecule has 0 saturated heterocycles. The summed E-state index contributed by atoms with van der Waals surface area (Å²) in [5, 5.41) is 12.1. The molecule has 4 heteroatoms. The highest BCUT2D eigenvalue weighted by atomic mass is 16.3. The van der Waals surface area contributed by atoms with Gasteiger partial charge in [-0.3, -0.25) is 4.98 Å². The zero-order valence-electron chi connectivity index (χ0n) is 25.2. The zero-order chi connectivity index (χ0) is 30.9. The molecule has 0 unspecified atom stereocenters. The number of para-hydroxylation sites is 1. The normalized spacial score (nSPS) is 11.2. The van der Waals surface area contributed by atoms with E-state index in [9.17, 15) is 5.11 Å². The molecule has 46 heavy (non-hydrogen) atoms. The Morgan fingerprint density at radius 3 is 2.02 bits per heavy atom. The second-order valence-electron chi connectivity index (χ2n) is 11.4. The van der Waals surface area contributed by atoms with Crippen molar-refractivity contribution in [3.8, 4) is 27.9 Å². The number of rotatable bonds is 7. The summed E-state index contributed by atoms with van der Waals surface area (Å²) in [6.45, 7) is 0.00637. The molecule has 0 aliphatic carbocycles. The lowest BCUT2D eigenvalue weighted by Gasteiger charge is -2.27. The molecule has 8 aromatic rings. The topological polar surface area (TPSA) is 41.3 Å². The summed E-state index contributed by atoms with van der Waals surface area (Å²) in [6.07, 6.45) is 3.70. The van der Waals surface area contributed by atoms with Gasteiger partial charge in [-0.05, 0) is 88.5 Å². The van der Waals surface area contributed by atoms with Gasteiger partial charge in [-0.1, -0.05) is 97.1 Å². The molecule has 0 amide bonds. The number of aliphatic hydroxyl groups is 1. The Morgan fingerprint density at radius 2 is 1.24 bits per heavy atom. The first-order valence-corrected chi connectivity index (χ1v) is 15.5. The third-order valence-corrected chi connectivity index (χ3v) is 8.63. The first kappa shape index (κ1) is 27.6. The average Bonchev–Trinajstić information content (AvgIpc) is 3.48. The Bertz CT molecular complexity index is 2270. The molecule has 0 fully saturated rings. The second kappa shape index (κ2) is 11.8. The number of nitrogens with zero attached hydrogens (tertiary/aromatic N) is 3. The minimum Gasteiger partial charge on any atom is -0.392 e. The SMILES string of the molecule is OCc1ccc(N(c2cccc(-c3ccccc3)c2)c2cccc3c2c2ccccc2n3-c2ccc(-c3cccnc3)cc2)cc1. The maximum atomic E-state index is 9.80. The van der Waals surface area contributed by atoms with Crippen molar-refractivity contribution < 1.29 is 5.11 Å². The van der Waals surface area contributed by atoms with Crippen molar-refractivity contribution in [2.75, 3.05) is 4.90 Å². The van der Waals surface area contributed by atoms with Gasteiger partial charge in [0, 0.05) is 40.2 Å². The highest BCUT2D eigenvalue weighted by Crippen LogP contribution is 2.44. The van der Waals surface area contributed by atoms with Gasteiger partial charge in [-0.15, -0.1) is 0 Å². The van der Waals surface area contributed by atoms with E-state index in [0.29, 0.717) is 0 Å². The molecule has 0 saturated carbocycles. The van der Waals surface area contributed by atoms with Gasteiger partial charge in [0.25, 0.3) is 0 Å². The van der Waals surface area contributed by atoms with Gasteiger partial charge in [0.05, 0.1) is 23.3 Å². The summed E-state index contributed by atoms with van der Waals surface area (Å²) in [7, 11) is 0. The fourth-order valence-corrected chi connectivity index (χ4v) is 6.43. The minimum absolute atomic E-state index is 0.00637. The maximum Gasteiger partial charge on any atom is 0.0681 e. The van der Waals surface area contributed by atoms with Crippen LogP contribution in [-0.4, -0.2) is 14.7 Å². The van der Waals surface area contributed by atoms with E-state index in [2.05, 4.69) is 148 Å². The van der Waals surface area contributed by atoms with Crippen molar-refractivity contribution in [3.05, 3.63) is 176 Å². The Hall–Kier alpha value is -5.97. The molecule has 6 aromatic carbocycles. The van der Waals surface area contributed by atoms with Crippen molar-refractivity contribution in [2.24, 2.45) is 0 Å². The van der Waals surface area contributed by atoms with Crippen LogP contribution in [0.1, 0.15) is 5.56 Å². The van der Waals surface area contributed by atoms with Gasteiger partial charge in [0.1, 0.15) is 0 Å². The van der Waals surface area contributed by atoms with E-state index in [-0.39, 0.29) is 6.61 Å². The molecular weight excluding hydrogens is 562 g/mol. The molecule has 0 spiro atoms. The molecule has 4 nitrogen and oxygen atoms in total. The minimum atomic E-state index is 0.00637. The van der Waals surface area contributed by atoms with Crippen LogP contribution in [0.5, 0.6) is 0 Å². The zero-order valence-corrected chi connectivity index (χ0v) is 25.2. The molecule has 220 valence electrons. The smallest absolute Gasteiger partial charge is 0.0681 e. The van der Waals surface area contributed by atoms with Crippen molar-refractivity contribution in [1.29, 1.82) is 0 Å². The molecular formula is C42H31N3O. The van der Waals surface area contributed by atoms with Crippen molar-refractivity contribution >= 4 is 38.9 Å². The highest BCUT2D eigenvalue weighted by molar-refractivity contribution is 6.16. The largest absolute Gasteiger partial charge is 0.392 e. The number of pyridine rings is 1. The fourth-order valence-electron chi connectivity index (χ4n) is 6.43. The maximum absolute atomic E-state index is 9.80. The standard InChI is InChI=1S/C42H31N3O/c46-29-30-18-22-35(23-19-30)44(37-13-6-11-33(27-37)31-9-2-1-3-10-31)40-16-7-17-41-42(40)38-14-4-5-15-39(38)45(41)36-24-20-32(21-25-36)34-12-8-26-43-28-34/h1-28,46H,29H2. The Morgan fingerprint density at radius 1 is 0.543 bits per heavy atom. The highest BCUT2D eigenvalue weighted by Gasteiger charge is 2.21. The van der Waals surface area contributed by atoms with E-state index in [4.69, 9.17) is 0 Å². The van der Waals surface area contributed by atoms with Crippen LogP contribution in [0, 0.1) is 0 Å². The van der Waals surface area contributed by atoms with E-state index in [1.54, 1.807) is 6.20 Å².